The minimum atomic E-state index is 0.0297. The highest BCUT2D eigenvalue weighted by atomic mass is 16.2. The molecule has 6 nitrogen and oxygen atoms in total. The summed E-state index contributed by atoms with van der Waals surface area (Å²) in [5.74, 6) is 0.205. The van der Waals surface area contributed by atoms with E-state index in [0.29, 0.717) is 6.54 Å². The van der Waals surface area contributed by atoms with E-state index in [-0.39, 0.29) is 17.7 Å². The van der Waals surface area contributed by atoms with Crippen LogP contribution in [0, 0.1) is 5.92 Å². The maximum atomic E-state index is 12.3. The van der Waals surface area contributed by atoms with E-state index in [9.17, 15) is 9.59 Å². The number of rotatable bonds is 5. The minimum Gasteiger partial charge on any atom is -0.326 e. The summed E-state index contributed by atoms with van der Waals surface area (Å²) in [7, 11) is 0. The highest BCUT2D eigenvalue weighted by Gasteiger charge is 2.20. The minimum absolute atomic E-state index is 0.0297. The molecule has 148 valence electrons. The zero-order valence-corrected chi connectivity index (χ0v) is 16.1. The summed E-state index contributed by atoms with van der Waals surface area (Å²) in [6, 6.07) is 7.40. The second-order valence-electron chi connectivity index (χ2n) is 7.68. The number of amides is 2. The molecule has 0 atom stereocenters. The lowest BCUT2D eigenvalue weighted by Gasteiger charge is -2.23. The molecule has 2 saturated heterocycles. The molecule has 2 fully saturated rings. The molecular weight excluding hydrogens is 340 g/mol. The molecule has 6 heteroatoms. The molecule has 2 aliphatic heterocycles. The maximum Gasteiger partial charge on any atom is 0.238 e. The van der Waals surface area contributed by atoms with Crippen molar-refractivity contribution in [1.29, 1.82) is 0 Å². The molecule has 2 heterocycles. The van der Waals surface area contributed by atoms with Crippen LogP contribution in [-0.2, 0) is 9.59 Å². The fraction of sp³-hybridized carbons (Fsp3) is 0.619. The summed E-state index contributed by atoms with van der Waals surface area (Å²) in [5, 5.41) is 9.22. The Morgan fingerprint density at radius 2 is 1.44 bits per heavy atom. The van der Waals surface area contributed by atoms with Gasteiger partial charge in [-0.3, -0.25) is 14.5 Å². The zero-order chi connectivity index (χ0) is 18.9. The Labute approximate surface area is 162 Å². The maximum absolute atomic E-state index is 12.3. The van der Waals surface area contributed by atoms with Crippen LogP contribution < -0.4 is 16.0 Å². The molecule has 0 unspecified atom stereocenters. The number of nitrogens with one attached hydrogen (secondary N) is 3. The number of likely N-dealkylation sites (tertiary alicyclic amines) is 1. The SMILES string of the molecule is O=C(CN1CCCCCCC1)Nc1ccc(NC(=O)C2CCNCC2)cc1. The van der Waals surface area contributed by atoms with Crippen LogP contribution in [0.2, 0.25) is 0 Å². The van der Waals surface area contributed by atoms with E-state index in [2.05, 4.69) is 20.9 Å². The molecule has 27 heavy (non-hydrogen) atoms. The van der Waals surface area contributed by atoms with Gasteiger partial charge in [-0.05, 0) is 76.1 Å². The molecule has 1 aromatic carbocycles. The number of carbonyl (C=O) groups is 2. The fourth-order valence-corrected chi connectivity index (χ4v) is 3.84. The first-order valence-corrected chi connectivity index (χ1v) is 10.3. The number of hydrogen-bond acceptors (Lipinski definition) is 4. The summed E-state index contributed by atoms with van der Waals surface area (Å²) in [4.78, 5) is 26.9. The van der Waals surface area contributed by atoms with Crippen LogP contribution in [0.5, 0.6) is 0 Å². The van der Waals surface area contributed by atoms with Crippen LogP contribution in [0.4, 0.5) is 11.4 Å². The van der Waals surface area contributed by atoms with Gasteiger partial charge in [0, 0.05) is 17.3 Å². The molecule has 1 aromatic rings. The second kappa shape index (κ2) is 10.4. The molecule has 0 saturated carbocycles. The Kier molecular flexibility index (Phi) is 7.66. The summed E-state index contributed by atoms with van der Waals surface area (Å²) in [6.45, 7) is 4.28. The first kappa shape index (κ1) is 19.8. The summed E-state index contributed by atoms with van der Waals surface area (Å²) in [5.41, 5.74) is 1.55. The van der Waals surface area contributed by atoms with Crippen molar-refractivity contribution in [1.82, 2.24) is 10.2 Å². The Bertz CT molecular complexity index is 603. The lowest BCUT2D eigenvalue weighted by atomic mass is 9.97. The number of anilines is 2. The predicted octanol–water partition coefficient (Wildman–Crippen LogP) is 2.83. The Morgan fingerprint density at radius 3 is 2.07 bits per heavy atom. The van der Waals surface area contributed by atoms with Crippen molar-refractivity contribution in [2.24, 2.45) is 5.92 Å². The van der Waals surface area contributed by atoms with Gasteiger partial charge < -0.3 is 16.0 Å². The van der Waals surface area contributed by atoms with Gasteiger partial charge in [0.25, 0.3) is 0 Å². The van der Waals surface area contributed by atoms with E-state index in [1.165, 1.54) is 32.1 Å². The van der Waals surface area contributed by atoms with Crippen LogP contribution >= 0.6 is 0 Å². The molecule has 2 aliphatic rings. The first-order chi connectivity index (χ1) is 13.2. The quantitative estimate of drug-likeness (QED) is 0.743. The largest absolute Gasteiger partial charge is 0.326 e. The topological polar surface area (TPSA) is 73.5 Å². The lowest BCUT2D eigenvalue weighted by Crippen LogP contribution is -2.35. The van der Waals surface area contributed by atoms with Gasteiger partial charge in [0.15, 0.2) is 0 Å². The van der Waals surface area contributed by atoms with Gasteiger partial charge in [-0.1, -0.05) is 19.3 Å². The average Bonchev–Trinajstić information content (AvgIpc) is 2.66. The molecule has 0 radical (unpaired) electrons. The Hall–Kier alpha value is -1.92. The van der Waals surface area contributed by atoms with Crippen molar-refractivity contribution in [3.05, 3.63) is 24.3 Å². The van der Waals surface area contributed by atoms with Gasteiger partial charge in [0.1, 0.15) is 0 Å². The van der Waals surface area contributed by atoms with Crippen molar-refractivity contribution < 1.29 is 9.59 Å². The van der Waals surface area contributed by atoms with Crippen molar-refractivity contribution in [3.63, 3.8) is 0 Å². The van der Waals surface area contributed by atoms with E-state index in [0.717, 1.165) is 50.4 Å². The summed E-state index contributed by atoms with van der Waals surface area (Å²) >= 11 is 0. The average molecular weight is 373 g/mol. The van der Waals surface area contributed by atoms with Crippen molar-refractivity contribution in [3.8, 4) is 0 Å². The van der Waals surface area contributed by atoms with Gasteiger partial charge in [-0.25, -0.2) is 0 Å². The summed E-state index contributed by atoms with van der Waals surface area (Å²) < 4.78 is 0. The number of piperidine rings is 1. The molecule has 0 aromatic heterocycles. The van der Waals surface area contributed by atoms with Crippen molar-refractivity contribution >= 4 is 23.2 Å². The smallest absolute Gasteiger partial charge is 0.238 e. The highest BCUT2D eigenvalue weighted by Crippen LogP contribution is 2.18. The first-order valence-electron chi connectivity index (χ1n) is 10.3. The molecule has 0 aliphatic carbocycles. The molecular formula is C21H32N4O2. The number of benzene rings is 1. The molecule has 2 amide bonds. The van der Waals surface area contributed by atoms with E-state index in [1.54, 1.807) is 0 Å². The Balaban J connectivity index is 1.45. The van der Waals surface area contributed by atoms with E-state index in [1.807, 2.05) is 24.3 Å². The second-order valence-corrected chi connectivity index (χ2v) is 7.68. The van der Waals surface area contributed by atoms with Crippen LogP contribution in [0.15, 0.2) is 24.3 Å². The van der Waals surface area contributed by atoms with Crippen LogP contribution in [0.3, 0.4) is 0 Å². The van der Waals surface area contributed by atoms with Gasteiger partial charge >= 0.3 is 0 Å². The van der Waals surface area contributed by atoms with Gasteiger partial charge in [-0.15, -0.1) is 0 Å². The van der Waals surface area contributed by atoms with Gasteiger partial charge in [0.2, 0.25) is 11.8 Å². The van der Waals surface area contributed by atoms with Crippen molar-refractivity contribution in [2.45, 2.75) is 44.9 Å². The predicted molar refractivity (Wildman–Crippen MR) is 109 cm³/mol. The zero-order valence-electron chi connectivity index (χ0n) is 16.1. The van der Waals surface area contributed by atoms with Gasteiger partial charge in [0.05, 0.1) is 6.54 Å². The van der Waals surface area contributed by atoms with E-state index in [4.69, 9.17) is 0 Å². The molecule has 3 N–H and O–H groups in total. The highest BCUT2D eigenvalue weighted by molar-refractivity contribution is 5.94. The molecule has 0 bridgehead atoms. The molecule has 0 spiro atoms. The fourth-order valence-electron chi connectivity index (χ4n) is 3.84. The normalized spacial score (nSPS) is 19.7. The molecule has 3 rings (SSSR count). The summed E-state index contributed by atoms with van der Waals surface area (Å²) in [6.07, 6.45) is 7.98. The third-order valence-corrected chi connectivity index (χ3v) is 5.46. The standard InChI is InChI=1S/C21H32N4O2/c26-20(16-25-14-4-2-1-3-5-15-25)23-18-6-8-19(9-7-18)24-21(27)17-10-12-22-13-11-17/h6-9,17,22H,1-5,10-16H2,(H,23,26)(H,24,27). The van der Waals surface area contributed by atoms with Crippen LogP contribution in [0.1, 0.15) is 44.9 Å². The van der Waals surface area contributed by atoms with Crippen molar-refractivity contribution in [2.75, 3.05) is 43.4 Å². The van der Waals surface area contributed by atoms with E-state index >= 15 is 0 Å². The number of nitrogens with zero attached hydrogens (tertiary/aromatic N) is 1. The van der Waals surface area contributed by atoms with E-state index < -0.39 is 0 Å². The monoisotopic (exact) mass is 372 g/mol. The van der Waals surface area contributed by atoms with Crippen LogP contribution in [-0.4, -0.2) is 49.4 Å². The lowest BCUT2D eigenvalue weighted by molar-refractivity contribution is -0.120. The third kappa shape index (κ3) is 6.63. The Morgan fingerprint density at radius 1 is 0.889 bits per heavy atom. The van der Waals surface area contributed by atoms with Crippen LogP contribution in [0.25, 0.3) is 0 Å². The number of carbonyl (C=O) groups excluding carboxylic acids is 2. The number of hydrogen-bond donors (Lipinski definition) is 3. The third-order valence-electron chi connectivity index (χ3n) is 5.46. The van der Waals surface area contributed by atoms with Gasteiger partial charge in [-0.2, -0.15) is 0 Å².